The average Bonchev–Trinajstić information content (AvgIpc) is 2.24. The molecule has 0 amide bonds. The van der Waals surface area contributed by atoms with E-state index in [0.717, 1.165) is 12.8 Å². The number of nitriles is 1. The van der Waals surface area contributed by atoms with Crippen molar-refractivity contribution in [3.05, 3.63) is 11.6 Å². The maximum atomic E-state index is 11.5. The summed E-state index contributed by atoms with van der Waals surface area (Å²) in [6.07, 6.45) is 3.38. The van der Waals surface area contributed by atoms with Crippen LogP contribution in [-0.4, -0.2) is 24.8 Å². The zero-order valence-electron chi connectivity index (χ0n) is 10.7. The number of carbonyl (C=O) groups is 1. The van der Waals surface area contributed by atoms with Gasteiger partial charge in [-0.25, -0.2) is 4.79 Å². The molecule has 0 N–H and O–H groups in total. The van der Waals surface area contributed by atoms with Crippen molar-refractivity contribution in [1.29, 1.82) is 5.26 Å². The summed E-state index contributed by atoms with van der Waals surface area (Å²) in [6, 6.07) is 1.91. The SMILES string of the molecule is CCOC(=O)/C(C#N)=C\[C@H]1CCOC(C)(C)C1. The summed E-state index contributed by atoms with van der Waals surface area (Å²) in [7, 11) is 0. The first-order valence-corrected chi connectivity index (χ1v) is 5.91. The Balaban J connectivity index is 2.72. The van der Waals surface area contributed by atoms with Crippen LogP contribution in [0.2, 0.25) is 0 Å². The van der Waals surface area contributed by atoms with Crippen molar-refractivity contribution >= 4 is 5.97 Å². The monoisotopic (exact) mass is 237 g/mol. The summed E-state index contributed by atoms with van der Waals surface area (Å²) in [6.45, 7) is 6.71. The van der Waals surface area contributed by atoms with Crippen LogP contribution in [-0.2, 0) is 14.3 Å². The lowest BCUT2D eigenvalue weighted by Gasteiger charge is -2.34. The fourth-order valence-corrected chi connectivity index (χ4v) is 2.02. The number of esters is 1. The van der Waals surface area contributed by atoms with Gasteiger partial charge in [0.2, 0.25) is 0 Å². The first-order valence-electron chi connectivity index (χ1n) is 5.91. The van der Waals surface area contributed by atoms with Crippen molar-refractivity contribution in [2.45, 2.75) is 39.2 Å². The van der Waals surface area contributed by atoms with Gasteiger partial charge in [-0.3, -0.25) is 0 Å². The Hall–Kier alpha value is -1.34. The summed E-state index contributed by atoms with van der Waals surface area (Å²) in [5, 5.41) is 8.93. The fourth-order valence-electron chi connectivity index (χ4n) is 2.02. The molecule has 0 spiro atoms. The number of carbonyl (C=O) groups excluding carboxylic acids is 1. The Labute approximate surface area is 102 Å². The summed E-state index contributed by atoms with van der Waals surface area (Å²) in [5.74, 6) is -0.322. The molecule has 1 aliphatic rings. The fraction of sp³-hybridized carbons (Fsp3) is 0.692. The zero-order chi connectivity index (χ0) is 12.9. The molecular formula is C13H19NO3. The molecule has 4 heteroatoms. The first-order chi connectivity index (χ1) is 7.98. The largest absolute Gasteiger partial charge is 0.462 e. The van der Waals surface area contributed by atoms with E-state index in [1.54, 1.807) is 13.0 Å². The molecule has 1 saturated heterocycles. The molecule has 0 aliphatic carbocycles. The van der Waals surface area contributed by atoms with Crippen LogP contribution < -0.4 is 0 Å². The Bertz CT molecular complexity index is 352. The maximum Gasteiger partial charge on any atom is 0.348 e. The zero-order valence-corrected chi connectivity index (χ0v) is 10.7. The molecular weight excluding hydrogens is 218 g/mol. The molecule has 0 aromatic carbocycles. The maximum absolute atomic E-state index is 11.5. The van der Waals surface area contributed by atoms with Crippen molar-refractivity contribution < 1.29 is 14.3 Å². The Morgan fingerprint density at radius 1 is 1.65 bits per heavy atom. The van der Waals surface area contributed by atoms with Crippen LogP contribution >= 0.6 is 0 Å². The number of nitrogens with zero attached hydrogens (tertiary/aromatic N) is 1. The van der Waals surface area contributed by atoms with Gasteiger partial charge in [-0.2, -0.15) is 5.26 Å². The molecule has 0 saturated carbocycles. The highest BCUT2D eigenvalue weighted by Crippen LogP contribution is 2.30. The van der Waals surface area contributed by atoms with Gasteiger partial charge in [-0.05, 0) is 39.5 Å². The van der Waals surface area contributed by atoms with Crippen LogP contribution in [0.1, 0.15) is 33.6 Å². The second-order valence-electron chi connectivity index (χ2n) is 4.77. The van der Waals surface area contributed by atoms with Gasteiger partial charge in [0.15, 0.2) is 0 Å². The van der Waals surface area contributed by atoms with E-state index in [2.05, 4.69) is 0 Å². The first kappa shape index (κ1) is 13.7. The molecule has 0 aromatic rings. The second-order valence-corrected chi connectivity index (χ2v) is 4.77. The van der Waals surface area contributed by atoms with E-state index in [1.807, 2.05) is 19.9 Å². The molecule has 1 aliphatic heterocycles. The molecule has 94 valence electrons. The second kappa shape index (κ2) is 5.83. The molecule has 0 bridgehead atoms. The summed E-state index contributed by atoms with van der Waals surface area (Å²) < 4.78 is 10.4. The molecule has 1 fully saturated rings. The van der Waals surface area contributed by atoms with E-state index < -0.39 is 5.97 Å². The van der Waals surface area contributed by atoms with E-state index in [-0.39, 0.29) is 23.7 Å². The van der Waals surface area contributed by atoms with Gasteiger partial charge in [-0.15, -0.1) is 0 Å². The van der Waals surface area contributed by atoms with Crippen LogP contribution in [0.5, 0.6) is 0 Å². The van der Waals surface area contributed by atoms with Crippen LogP contribution in [0.25, 0.3) is 0 Å². The third-order valence-corrected chi connectivity index (χ3v) is 2.75. The molecule has 0 unspecified atom stereocenters. The van der Waals surface area contributed by atoms with Gasteiger partial charge in [0.1, 0.15) is 11.6 Å². The average molecular weight is 237 g/mol. The topological polar surface area (TPSA) is 59.3 Å². The molecule has 1 atom stereocenters. The summed E-state index contributed by atoms with van der Waals surface area (Å²) >= 11 is 0. The van der Waals surface area contributed by atoms with E-state index in [9.17, 15) is 4.79 Å². The number of hydrogen-bond acceptors (Lipinski definition) is 4. The van der Waals surface area contributed by atoms with Gasteiger partial charge < -0.3 is 9.47 Å². The number of allylic oxidation sites excluding steroid dienone is 1. The number of rotatable bonds is 3. The summed E-state index contributed by atoms with van der Waals surface area (Å²) in [5.41, 5.74) is -0.0798. The van der Waals surface area contributed by atoms with Crippen molar-refractivity contribution in [3.63, 3.8) is 0 Å². The van der Waals surface area contributed by atoms with Gasteiger partial charge >= 0.3 is 5.97 Å². The van der Waals surface area contributed by atoms with Crippen LogP contribution in [0.15, 0.2) is 11.6 Å². The lowest BCUT2D eigenvalue weighted by atomic mass is 9.87. The van der Waals surface area contributed by atoms with Crippen molar-refractivity contribution in [2.75, 3.05) is 13.2 Å². The van der Waals surface area contributed by atoms with Crippen molar-refractivity contribution in [2.24, 2.45) is 5.92 Å². The highest BCUT2D eigenvalue weighted by Gasteiger charge is 2.28. The predicted molar refractivity (Wildman–Crippen MR) is 63.1 cm³/mol. The van der Waals surface area contributed by atoms with E-state index in [0.29, 0.717) is 6.61 Å². The third kappa shape index (κ3) is 4.20. The lowest BCUT2D eigenvalue weighted by molar-refractivity contribution is -0.138. The lowest BCUT2D eigenvalue weighted by Crippen LogP contribution is -2.33. The summed E-state index contributed by atoms with van der Waals surface area (Å²) in [4.78, 5) is 11.5. The Morgan fingerprint density at radius 3 is 2.88 bits per heavy atom. The molecule has 1 rings (SSSR count). The number of ether oxygens (including phenoxy) is 2. The molecule has 0 radical (unpaired) electrons. The van der Waals surface area contributed by atoms with Crippen LogP contribution in [0.3, 0.4) is 0 Å². The van der Waals surface area contributed by atoms with Crippen molar-refractivity contribution in [1.82, 2.24) is 0 Å². The minimum Gasteiger partial charge on any atom is -0.462 e. The molecule has 17 heavy (non-hydrogen) atoms. The van der Waals surface area contributed by atoms with Crippen LogP contribution in [0.4, 0.5) is 0 Å². The van der Waals surface area contributed by atoms with Gasteiger partial charge in [0, 0.05) is 6.61 Å². The van der Waals surface area contributed by atoms with Crippen molar-refractivity contribution in [3.8, 4) is 6.07 Å². The Morgan fingerprint density at radius 2 is 2.35 bits per heavy atom. The highest BCUT2D eigenvalue weighted by atomic mass is 16.5. The standard InChI is InChI=1S/C13H19NO3/c1-4-16-12(15)11(9-14)7-10-5-6-17-13(2,3)8-10/h7,10H,4-6,8H2,1-3H3/b11-7-/t10-/m1/s1. The minimum atomic E-state index is -0.528. The van der Waals surface area contributed by atoms with E-state index in [4.69, 9.17) is 14.7 Å². The van der Waals surface area contributed by atoms with E-state index >= 15 is 0 Å². The number of hydrogen-bond donors (Lipinski definition) is 0. The quantitative estimate of drug-likeness (QED) is 0.429. The van der Waals surface area contributed by atoms with Crippen LogP contribution in [0, 0.1) is 17.2 Å². The predicted octanol–water partition coefficient (Wildman–Crippen LogP) is 2.20. The normalized spacial score (nSPS) is 23.9. The highest BCUT2D eigenvalue weighted by molar-refractivity contribution is 5.92. The van der Waals surface area contributed by atoms with Gasteiger partial charge in [0.05, 0.1) is 12.2 Å². The van der Waals surface area contributed by atoms with Gasteiger partial charge in [0.25, 0.3) is 0 Å². The minimum absolute atomic E-state index is 0.106. The third-order valence-electron chi connectivity index (χ3n) is 2.75. The van der Waals surface area contributed by atoms with E-state index in [1.165, 1.54) is 0 Å². The smallest absolute Gasteiger partial charge is 0.348 e. The van der Waals surface area contributed by atoms with Gasteiger partial charge in [-0.1, -0.05) is 6.08 Å². The molecule has 1 heterocycles. The molecule has 4 nitrogen and oxygen atoms in total. The Kier molecular flexibility index (Phi) is 4.71. The molecule has 0 aromatic heterocycles.